The zero-order valence-corrected chi connectivity index (χ0v) is 17.1. The van der Waals surface area contributed by atoms with Crippen LogP contribution < -0.4 is 10.1 Å². The molecule has 0 spiro atoms. The van der Waals surface area contributed by atoms with E-state index in [1.165, 1.54) is 18.4 Å². The molecule has 0 saturated heterocycles. The minimum absolute atomic E-state index is 0.157. The van der Waals surface area contributed by atoms with Crippen LogP contribution in [0.2, 0.25) is 0 Å². The van der Waals surface area contributed by atoms with Crippen LogP contribution in [0.15, 0.2) is 24.3 Å². The summed E-state index contributed by atoms with van der Waals surface area (Å²) >= 11 is 1.27. The number of rotatable bonds is 8. The van der Waals surface area contributed by atoms with Crippen LogP contribution in [-0.4, -0.2) is 38.7 Å². The largest absolute Gasteiger partial charge is 0.497 e. The molecule has 7 nitrogen and oxygen atoms in total. The molecule has 1 N–H and O–H groups in total. The number of aryl methyl sites for hydroxylation is 2. The van der Waals surface area contributed by atoms with Crippen molar-refractivity contribution >= 4 is 34.2 Å². The smallest absolute Gasteiger partial charge is 0.341 e. The van der Waals surface area contributed by atoms with Gasteiger partial charge in [-0.2, -0.15) is 0 Å². The molecule has 1 amide bonds. The highest BCUT2D eigenvalue weighted by atomic mass is 32.1. The van der Waals surface area contributed by atoms with Crippen molar-refractivity contribution in [3.63, 3.8) is 0 Å². The summed E-state index contributed by atoms with van der Waals surface area (Å²) in [6.45, 7) is 3.21. The molecule has 0 radical (unpaired) electrons. The summed E-state index contributed by atoms with van der Waals surface area (Å²) in [7, 11) is 2.87. The SMILES string of the molecule is COC(=O)c1c(NC(=O)COC(=O)CCc2ccc(OC)cc2)sc(C)c1C. The quantitative estimate of drug-likeness (QED) is 0.678. The molecule has 0 saturated carbocycles. The molecule has 0 bridgehead atoms. The van der Waals surface area contributed by atoms with Crippen molar-refractivity contribution in [1.29, 1.82) is 0 Å². The van der Waals surface area contributed by atoms with Crippen LogP contribution in [0, 0.1) is 13.8 Å². The zero-order valence-electron chi connectivity index (χ0n) is 16.3. The van der Waals surface area contributed by atoms with Gasteiger partial charge in [0.05, 0.1) is 19.8 Å². The summed E-state index contributed by atoms with van der Waals surface area (Å²) in [4.78, 5) is 36.8. The van der Waals surface area contributed by atoms with E-state index in [2.05, 4.69) is 5.32 Å². The maximum Gasteiger partial charge on any atom is 0.341 e. The molecule has 0 aliphatic carbocycles. The van der Waals surface area contributed by atoms with Crippen molar-refractivity contribution in [3.05, 3.63) is 45.8 Å². The Balaban J connectivity index is 1.84. The van der Waals surface area contributed by atoms with Crippen LogP contribution in [0.4, 0.5) is 5.00 Å². The number of carbonyl (C=O) groups excluding carboxylic acids is 3. The Labute approximate surface area is 167 Å². The first kappa shape index (κ1) is 21.4. The fraction of sp³-hybridized carbons (Fsp3) is 0.350. The number of methoxy groups -OCH3 is 2. The van der Waals surface area contributed by atoms with Gasteiger partial charge in [-0.05, 0) is 43.5 Å². The number of thiophene rings is 1. The third-order valence-electron chi connectivity index (χ3n) is 4.17. The number of ether oxygens (including phenoxy) is 3. The Morgan fingerprint density at radius 3 is 2.36 bits per heavy atom. The van der Waals surface area contributed by atoms with E-state index in [4.69, 9.17) is 14.2 Å². The Bertz CT molecular complexity index is 856. The lowest BCUT2D eigenvalue weighted by Crippen LogP contribution is -2.21. The zero-order chi connectivity index (χ0) is 20.7. The fourth-order valence-electron chi connectivity index (χ4n) is 2.48. The summed E-state index contributed by atoms with van der Waals surface area (Å²) in [6.07, 6.45) is 0.657. The maximum atomic E-state index is 12.1. The Morgan fingerprint density at radius 1 is 1.07 bits per heavy atom. The summed E-state index contributed by atoms with van der Waals surface area (Å²) in [5.74, 6) is -0.760. The van der Waals surface area contributed by atoms with Gasteiger partial charge in [0, 0.05) is 11.3 Å². The predicted molar refractivity (Wildman–Crippen MR) is 106 cm³/mol. The van der Waals surface area contributed by atoms with Crippen LogP contribution in [-0.2, 0) is 25.5 Å². The molecule has 1 aromatic heterocycles. The number of anilines is 1. The lowest BCUT2D eigenvalue weighted by Gasteiger charge is -2.07. The molecule has 8 heteroatoms. The van der Waals surface area contributed by atoms with Crippen molar-refractivity contribution in [3.8, 4) is 5.75 Å². The maximum absolute atomic E-state index is 12.1. The van der Waals surface area contributed by atoms with Crippen molar-refractivity contribution in [2.75, 3.05) is 26.1 Å². The van der Waals surface area contributed by atoms with Crippen LogP contribution >= 0.6 is 11.3 Å². The van der Waals surface area contributed by atoms with E-state index < -0.39 is 24.5 Å². The van der Waals surface area contributed by atoms with Gasteiger partial charge in [0.15, 0.2) is 6.61 Å². The third-order valence-corrected chi connectivity index (χ3v) is 5.29. The average molecular weight is 405 g/mol. The number of carbonyl (C=O) groups is 3. The van der Waals surface area contributed by atoms with Gasteiger partial charge in [-0.3, -0.25) is 9.59 Å². The van der Waals surface area contributed by atoms with Crippen LogP contribution in [0.5, 0.6) is 5.75 Å². The molecule has 0 aliphatic heterocycles. The molecule has 1 aromatic carbocycles. The van der Waals surface area contributed by atoms with E-state index in [0.717, 1.165) is 21.8 Å². The molecule has 28 heavy (non-hydrogen) atoms. The van der Waals surface area contributed by atoms with Gasteiger partial charge in [0.25, 0.3) is 5.91 Å². The van der Waals surface area contributed by atoms with E-state index in [1.54, 1.807) is 14.0 Å². The highest BCUT2D eigenvalue weighted by Gasteiger charge is 2.21. The van der Waals surface area contributed by atoms with Crippen molar-refractivity contribution in [2.45, 2.75) is 26.7 Å². The van der Waals surface area contributed by atoms with Crippen molar-refractivity contribution in [2.24, 2.45) is 0 Å². The van der Waals surface area contributed by atoms with Crippen LogP contribution in [0.3, 0.4) is 0 Å². The van der Waals surface area contributed by atoms with E-state index in [9.17, 15) is 14.4 Å². The summed E-state index contributed by atoms with van der Waals surface area (Å²) in [5.41, 5.74) is 2.04. The second-order valence-corrected chi connectivity index (χ2v) is 7.26. The average Bonchev–Trinajstić information content (AvgIpc) is 2.97. The minimum Gasteiger partial charge on any atom is -0.497 e. The minimum atomic E-state index is -0.520. The number of benzene rings is 1. The van der Waals surface area contributed by atoms with Gasteiger partial charge < -0.3 is 19.5 Å². The molecule has 2 rings (SSSR count). The number of hydrogen-bond donors (Lipinski definition) is 1. The van der Waals surface area contributed by atoms with Crippen molar-refractivity contribution in [1.82, 2.24) is 0 Å². The van der Waals surface area contributed by atoms with E-state index >= 15 is 0 Å². The second kappa shape index (κ2) is 9.89. The first-order chi connectivity index (χ1) is 13.3. The lowest BCUT2D eigenvalue weighted by molar-refractivity contribution is -0.147. The topological polar surface area (TPSA) is 90.9 Å². The Morgan fingerprint density at radius 2 is 1.75 bits per heavy atom. The highest BCUT2D eigenvalue weighted by molar-refractivity contribution is 7.16. The molecule has 0 aliphatic rings. The number of esters is 2. The molecule has 0 unspecified atom stereocenters. The predicted octanol–water partition coefficient (Wildman–Crippen LogP) is 3.27. The molecule has 0 fully saturated rings. The van der Waals surface area contributed by atoms with Crippen molar-refractivity contribution < 1.29 is 28.6 Å². The molecule has 0 atom stereocenters. The highest BCUT2D eigenvalue weighted by Crippen LogP contribution is 2.32. The van der Waals surface area contributed by atoms with E-state index in [-0.39, 0.29) is 6.42 Å². The molecular formula is C20H23NO6S. The van der Waals surface area contributed by atoms with Gasteiger partial charge in [0.2, 0.25) is 0 Å². The Hall–Kier alpha value is -2.87. The molecular weight excluding hydrogens is 382 g/mol. The van der Waals surface area contributed by atoms with Crippen LogP contribution in [0.1, 0.15) is 32.8 Å². The monoisotopic (exact) mass is 405 g/mol. The third kappa shape index (κ3) is 5.56. The number of nitrogens with one attached hydrogen (secondary N) is 1. The van der Waals surface area contributed by atoms with Gasteiger partial charge in [-0.25, -0.2) is 4.79 Å². The molecule has 2 aromatic rings. The second-order valence-electron chi connectivity index (χ2n) is 6.04. The molecule has 150 valence electrons. The standard InChI is InChI=1S/C20H23NO6S/c1-12-13(2)28-19(18(12)20(24)26-4)21-16(22)11-27-17(23)10-7-14-5-8-15(25-3)9-6-14/h5-6,8-9H,7,10-11H2,1-4H3,(H,21,22). The lowest BCUT2D eigenvalue weighted by atomic mass is 10.1. The summed E-state index contributed by atoms with van der Waals surface area (Å²) in [5, 5.41) is 3.01. The van der Waals surface area contributed by atoms with Gasteiger partial charge >= 0.3 is 11.9 Å². The van der Waals surface area contributed by atoms with Gasteiger partial charge in [-0.1, -0.05) is 12.1 Å². The fourth-order valence-corrected chi connectivity index (χ4v) is 3.55. The van der Waals surface area contributed by atoms with Crippen LogP contribution in [0.25, 0.3) is 0 Å². The molecule has 1 heterocycles. The first-order valence-electron chi connectivity index (χ1n) is 8.62. The van der Waals surface area contributed by atoms with Gasteiger partial charge in [0.1, 0.15) is 10.8 Å². The normalized spacial score (nSPS) is 10.3. The van der Waals surface area contributed by atoms with E-state index in [0.29, 0.717) is 17.0 Å². The number of hydrogen-bond acceptors (Lipinski definition) is 7. The number of amides is 1. The first-order valence-corrected chi connectivity index (χ1v) is 9.44. The summed E-state index contributed by atoms with van der Waals surface area (Å²) < 4.78 is 14.9. The van der Waals surface area contributed by atoms with E-state index in [1.807, 2.05) is 31.2 Å². The van der Waals surface area contributed by atoms with Gasteiger partial charge in [-0.15, -0.1) is 11.3 Å². The Kier molecular flexibility index (Phi) is 7.57. The summed E-state index contributed by atoms with van der Waals surface area (Å²) in [6, 6.07) is 7.37.